The van der Waals surface area contributed by atoms with Crippen molar-refractivity contribution in [1.82, 2.24) is 10.0 Å². The molecule has 16 heavy (non-hydrogen) atoms. The summed E-state index contributed by atoms with van der Waals surface area (Å²) >= 11 is 0. The number of hydrogen-bond acceptors (Lipinski definition) is 3. The highest BCUT2D eigenvalue weighted by Gasteiger charge is 2.44. The van der Waals surface area contributed by atoms with E-state index in [1.54, 1.807) is 12.2 Å². The minimum absolute atomic E-state index is 0.0983. The molecule has 1 aliphatic heterocycles. The molecule has 1 saturated carbocycles. The lowest BCUT2D eigenvalue weighted by molar-refractivity contribution is 0.174. The molecule has 0 unspecified atom stereocenters. The molecule has 0 aromatic rings. The van der Waals surface area contributed by atoms with Gasteiger partial charge in [-0.15, -0.1) is 0 Å². The predicted octanol–water partition coefficient (Wildman–Crippen LogP) is 0.848. The maximum atomic E-state index is 11.7. The molecule has 2 N–H and O–H groups in total. The zero-order valence-corrected chi connectivity index (χ0v) is 10.7. The van der Waals surface area contributed by atoms with Crippen molar-refractivity contribution < 1.29 is 9.83 Å². The zero-order chi connectivity index (χ0) is 12.5. The SMILES string of the molecule is [2H]N1CCC2(CCC[C@@H]2NS(=O)(=O)CC)CC1. The minimum Gasteiger partial charge on any atom is -0.317 e. The number of nitrogens with one attached hydrogen (secondary N) is 2. The first-order valence-electron chi connectivity index (χ1n) is 6.66. The highest BCUT2D eigenvalue weighted by atomic mass is 32.2. The van der Waals surface area contributed by atoms with Gasteiger partial charge < -0.3 is 5.31 Å². The largest absolute Gasteiger partial charge is 0.317 e. The van der Waals surface area contributed by atoms with Gasteiger partial charge in [0.1, 0.15) is 1.41 Å². The molecule has 2 aliphatic rings. The molecule has 0 radical (unpaired) electrons. The molecule has 2 fully saturated rings. The standard InChI is InChI=1S/C11H22N2O2S/c1-2-16(14,15)13-10-4-3-5-11(10)6-8-12-9-7-11/h10,12-13H,2-9H2,1H3/t10-/m0/s1/i/hD. The van der Waals surface area contributed by atoms with E-state index in [2.05, 4.69) is 4.72 Å². The van der Waals surface area contributed by atoms with Gasteiger partial charge in [0.25, 0.3) is 0 Å². The van der Waals surface area contributed by atoms with Crippen LogP contribution in [0.25, 0.3) is 0 Å². The van der Waals surface area contributed by atoms with Gasteiger partial charge in [-0.25, -0.2) is 13.1 Å². The molecule has 4 nitrogen and oxygen atoms in total. The van der Waals surface area contributed by atoms with E-state index >= 15 is 0 Å². The summed E-state index contributed by atoms with van der Waals surface area (Å²) in [7, 11) is -3.10. The second kappa shape index (κ2) is 4.63. The normalized spacial score (nSPS) is 31.8. The molecule has 0 amide bonds. The third kappa shape index (κ3) is 2.41. The summed E-state index contributed by atoms with van der Waals surface area (Å²) in [5.74, 6) is 0.157. The average molecular weight is 247 g/mol. The fourth-order valence-corrected chi connectivity index (χ4v) is 4.03. The second-order valence-electron chi connectivity index (χ2n) is 5.00. The summed E-state index contributed by atoms with van der Waals surface area (Å²) in [6.45, 7) is 3.21. The van der Waals surface area contributed by atoms with Crippen LogP contribution in [0.5, 0.6) is 0 Å². The maximum Gasteiger partial charge on any atom is 0.211 e. The van der Waals surface area contributed by atoms with Gasteiger partial charge in [0, 0.05) is 6.04 Å². The van der Waals surface area contributed by atoms with Gasteiger partial charge in [-0.1, -0.05) is 6.42 Å². The highest BCUT2D eigenvalue weighted by Crippen LogP contribution is 2.45. The van der Waals surface area contributed by atoms with Crippen LogP contribution in [0.1, 0.15) is 39.0 Å². The van der Waals surface area contributed by atoms with Gasteiger partial charge in [0.2, 0.25) is 10.0 Å². The van der Waals surface area contributed by atoms with E-state index in [0.717, 1.165) is 45.2 Å². The predicted molar refractivity (Wildman–Crippen MR) is 64.8 cm³/mol. The van der Waals surface area contributed by atoms with E-state index in [0.29, 0.717) is 0 Å². The van der Waals surface area contributed by atoms with Crippen molar-refractivity contribution in [3.05, 3.63) is 0 Å². The minimum atomic E-state index is -3.10. The molecule has 5 heteroatoms. The summed E-state index contributed by atoms with van der Waals surface area (Å²) in [6.07, 6.45) is 5.07. The van der Waals surface area contributed by atoms with Crippen LogP contribution in [0.15, 0.2) is 0 Å². The number of sulfonamides is 1. The fraction of sp³-hybridized carbons (Fsp3) is 1.00. The Morgan fingerprint density at radius 1 is 1.44 bits per heavy atom. The van der Waals surface area contributed by atoms with E-state index in [1.165, 1.54) is 0 Å². The average Bonchev–Trinajstić information content (AvgIpc) is 2.66. The van der Waals surface area contributed by atoms with Crippen LogP contribution >= 0.6 is 0 Å². The molecular weight excluding hydrogens is 224 g/mol. The molecular formula is C11H22N2O2S. The smallest absolute Gasteiger partial charge is 0.211 e. The van der Waals surface area contributed by atoms with Crippen molar-refractivity contribution in [3.63, 3.8) is 0 Å². The third-order valence-corrected chi connectivity index (χ3v) is 5.55. The third-order valence-electron chi connectivity index (χ3n) is 4.14. The summed E-state index contributed by atoms with van der Waals surface area (Å²) in [5, 5.41) is 1.59. The van der Waals surface area contributed by atoms with E-state index in [1.807, 2.05) is 0 Å². The van der Waals surface area contributed by atoms with Gasteiger partial charge in [-0.3, -0.25) is 0 Å². The van der Waals surface area contributed by atoms with E-state index in [4.69, 9.17) is 1.41 Å². The van der Waals surface area contributed by atoms with Gasteiger partial charge >= 0.3 is 0 Å². The molecule has 1 heterocycles. The number of piperidine rings is 1. The summed E-state index contributed by atoms with van der Waals surface area (Å²) in [5.41, 5.74) is 0.125. The Morgan fingerprint density at radius 3 is 2.75 bits per heavy atom. The topological polar surface area (TPSA) is 58.2 Å². The maximum absolute atomic E-state index is 11.7. The molecule has 1 aliphatic carbocycles. The first kappa shape index (κ1) is 11.0. The first-order valence-corrected chi connectivity index (χ1v) is 7.86. The van der Waals surface area contributed by atoms with Gasteiger partial charge in [0.15, 0.2) is 0 Å². The van der Waals surface area contributed by atoms with Crippen LogP contribution < -0.4 is 10.0 Å². The molecule has 0 bridgehead atoms. The molecule has 2 rings (SSSR count). The van der Waals surface area contributed by atoms with Gasteiger partial charge in [-0.2, -0.15) is 0 Å². The van der Waals surface area contributed by atoms with Crippen LogP contribution in [0, 0.1) is 5.41 Å². The van der Waals surface area contributed by atoms with Crippen molar-refractivity contribution in [1.29, 1.82) is 0 Å². The Morgan fingerprint density at radius 2 is 2.12 bits per heavy atom. The quantitative estimate of drug-likeness (QED) is 0.777. The summed E-state index contributed by atoms with van der Waals surface area (Å²) in [4.78, 5) is 0. The van der Waals surface area contributed by atoms with Gasteiger partial charge in [0.05, 0.1) is 5.75 Å². The number of hydrogen-bond donors (Lipinski definition) is 2. The Kier molecular flexibility index (Phi) is 3.18. The van der Waals surface area contributed by atoms with E-state index in [9.17, 15) is 8.42 Å². The molecule has 1 saturated heterocycles. The van der Waals surface area contributed by atoms with E-state index in [-0.39, 0.29) is 17.2 Å². The summed E-state index contributed by atoms with van der Waals surface area (Å²) in [6, 6.07) is 0.0983. The first-order chi connectivity index (χ1) is 7.97. The highest BCUT2D eigenvalue weighted by molar-refractivity contribution is 7.89. The van der Waals surface area contributed by atoms with Crippen molar-refractivity contribution in [2.24, 2.45) is 5.41 Å². The van der Waals surface area contributed by atoms with Crippen LogP contribution in [0.4, 0.5) is 0 Å². The lowest BCUT2D eigenvalue weighted by Gasteiger charge is -2.39. The van der Waals surface area contributed by atoms with Crippen LogP contribution in [-0.2, 0) is 10.0 Å². The van der Waals surface area contributed by atoms with Crippen LogP contribution in [0.2, 0.25) is 1.41 Å². The van der Waals surface area contributed by atoms with Crippen molar-refractivity contribution in [2.75, 3.05) is 18.8 Å². The lowest BCUT2D eigenvalue weighted by atomic mass is 9.75. The number of rotatable bonds is 3. The van der Waals surface area contributed by atoms with Gasteiger partial charge in [-0.05, 0) is 51.1 Å². The van der Waals surface area contributed by atoms with Crippen molar-refractivity contribution in [2.45, 2.75) is 45.1 Å². The Hall–Kier alpha value is -0.130. The lowest BCUT2D eigenvalue weighted by Crippen LogP contribution is -2.49. The Balaban J connectivity index is 2.07. The molecule has 94 valence electrons. The molecule has 0 aromatic heterocycles. The van der Waals surface area contributed by atoms with Crippen LogP contribution in [-0.4, -0.2) is 33.3 Å². The monoisotopic (exact) mass is 247 g/mol. The van der Waals surface area contributed by atoms with Crippen LogP contribution in [0.3, 0.4) is 0 Å². The zero-order valence-electron chi connectivity index (χ0n) is 10.9. The van der Waals surface area contributed by atoms with Crippen molar-refractivity contribution in [3.8, 4) is 0 Å². The molecule has 1 atom stereocenters. The second-order valence-corrected chi connectivity index (χ2v) is 7.04. The van der Waals surface area contributed by atoms with E-state index < -0.39 is 10.0 Å². The Bertz CT molecular complexity index is 364. The molecule has 1 spiro atoms. The fourth-order valence-electron chi connectivity index (χ4n) is 3.06. The Labute approximate surface area is 99.7 Å². The molecule has 0 aromatic carbocycles. The summed E-state index contributed by atoms with van der Waals surface area (Å²) < 4.78 is 33.8. The van der Waals surface area contributed by atoms with Crippen molar-refractivity contribution >= 4 is 10.0 Å².